The molecule has 182 valence electrons. The molecule has 0 unspecified atom stereocenters. The maximum atomic E-state index is 13.0. The molecule has 0 atom stereocenters. The molecule has 0 bridgehead atoms. The van der Waals surface area contributed by atoms with Crippen molar-refractivity contribution in [2.24, 2.45) is 0 Å². The number of nitrogens with one attached hydrogen (secondary N) is 2. The summed E-state index contributed by atoms with van der Waals surface area (Å²) in [6.07, 6.45) is 0. The van der Waals surface area contributed by atoms with Crippen molar-refractivity contribution in [1.29, 1.82) is 0 Å². The lowest BCUT2D eigenvalue weighted by Gasteiger charge is -2.18. The van der Waals surface area contributed by atoms with Crippen LogP contribution in [0.5, 0.6) is 11.5 Å². The molecule has 10 heteroatoms. The summed E-state index contributed by atoms with van der Waals surface area (Å²) in [5.74, 6) is 0.675. The first kappa shape index (κ1) is 24.2. The second kappa shape index (κ2) is 10.2. The highest BCUT2D eigenvalue weighted by Gasteiger charge is 2.19. The number of fused-ring (bicyclic) bond motifs is 1. The van der Waals surface area contributed by atoms with Gasteiger partial charge in [0.2, 0.25) is 16.8 Å². The van der Waals surface area contributed by atoms with E-state index in [-0.39, 0.29) is 35.6 Å². The summed E-state index contributed by atoms with van der Waals surface area (Å²) in [7, 11) is -0.667. The number of ether oxygens (including phenoxy) is 2. The maximum absolute atomic E-state index is 13.0. The van der Waals surface area contributed by atoms with E-state index in [9.17, 15) is 18.0 Å². The molecule has 0 saturated carbocycles. The van der Waals surface area contributed by atoms with Crippen LogP contribution in [0.4, 0.5) is 0 Å². The van der Waals surface area contributed by atoms with Gasteiger partial charge in [0.05, 0.1) is 4.90 Å². The van der Waals surface area contributed by atoms with Gasteiger partial charge in [-0.05, 0) is 53.6 Å². The van der Waals surface area contributed by atoms with E-state index >= 15 is 0 Å². The zero-order valence-electron chi connectivity index (χ0n) is 19.3. The lowest BCUT2D eigenvalue weighted by molar-refractivity contribution is 0.0784. The average molecular weight is 496 g/mol. The van der Waals surface area contributed by atoms with Crippen LogP contribution in [-0.2, 0) is 23.1 Å². The van der Waals surface area contributed by atoms with Gasteiger partial charge in [0.1, 0.15) is 0 Å². The van der Waals surface area contributed by atoms with Gasteiger partial charge >= 0.3 is 0 Å². The van der Waals surface area contributed by atoms with Crippen LogP contribution in [0, 0.1) is 0 Å². The monoisotopic (exact) mass is 495 g/mol. The summed E-state index contributed by atoms with van der Waals surface area (Å²) in [6, 6.07) is 18.0. The van der Waals surface area contributed by atoms with Gasteiger partial charge in [-0.15, -0.1) is 0 Å². The SMILES string of the molecule is CNC(=O)c1ccc(CN(C)C(=O)c2cccc(S(=O)(=O)NCc3ccc4c(c3)OCO4)c2)cc1. The molecule has 0 radical (unpaired) electrons. The maximum Gasteiger partial charge on any atom is 0.253 e. The lowest BCUT2D eigenvalue weighted by atomic mass is 10.1. The van der Waals surface area contributed by atoms with Crippen LogP contribution in [0.3, 0.4) is 0 Å². The second-order valence-electron chi connectivity index (χ2n) is 7.98. The first-order valence-corrected chi connectivity index (χ1v) is 12.3. The molecular weight excluding hydrogens is 470 g/mol. The summed E-state index contributed by atoms with van der Waals surface area (Å²) in [4.78, 5) is 26.1. The Morgan fingerprint density at radius 3 is 2.37 bits per heavy atom. The van der Waals surface area contributed by atoms with Crippen molar-refractivity contribution in [3.63, 3.8) is 0 Å². The molecule has 0 aliphatic carbocycles. The minimum Gasteiger partial charge on any atom is -0.454 e. The van der Waals surface area contributed by atoms with E-state index in [4.69, 9.17) is 9.47 Å². The molecule has 1 heterocycles. The third-order valence-electron chi connectivity index (χ3n) is 5.50. The molecule has 1 aliphatic heterocycles. The predicted octanol–water partition coefficient (Wildman–Crippen LogP) is 2.53. The van der Waals surface area contributed by atoms with Crippen molar-refractivity contribution in [3.8, 4) is 11.5 Å². The van der Waals surface area contributed by atoms with Crippen LogP contribution in [0.15, 0.2) is 71.6 Å². The normalized spacial score (nSPS) is 12.3. The van der Waals surface area contributed by atoms with Crippen molar-refractivity contribution < 1.29 is 27.5 Å². The number of hydrogen-bond acceptors (Lipinski definition) is 6. The van der Waals surface area contributed by atoms with Gasteiger partial charge in [0.25, 0.3) is 11.8 Å². The second-order valence-corrected chi connectivity index (χ2v) is 9.74. The van der Waals surface area contributed by atoms with E-state index in [0.29, 0.717) is 29.2 Å². The predicted molar refractivity (Wildman–Crippen MR) is 129 cm³/mol. The van der Waals surface area contributed by atoms with Crippen molar-refractivity contribution >= 4 is 21.8 Å². The fraction of sp³-hybridized carbons (Fsp3) is 0.200. The van der Waals surface area contributed by atoms with Crippen LogP contribution >= 0.6 is 0 Å². The smallest absolute Gasteiger partial charge is 0.253 e. The number of amides is 2. The quantitative estimate of drug-likeness (QED) is 0.497. The molecule has 4 rings (SSSR count). The zero-order chi connectivity index (χ0) is 25.0. The van der Waals surface area contributed by atoms with E-state index in [1.165, 1.54) is 23.1 Å². The van der Waals surface area contributed by atoms with Crippen molar-refractivity contribution in [1.82, 2.24) is 14.9 Å². The molecule has 35 heavy (non-hydrogen) atoms. The molecule has 0 spiro atoms. The summed E-state index contributed by atoms with van der Waals surface area (Å²) in [5, 5.41) is 2.56. The molecular formula is C25H25N3O6S. The Bertz CT molecular complexity index is 1360. The first-order valence-electron chi connectivity index (χ1n) is 10.8. The van der Waals surface area contributed by atoms with Gasteiger partial charge in [-0.2, -0.15) is 0 Å². The summed E-state index contributed by atoms with van der Waals surface area (Å²) < 4.78 is 38.9. The van der Waals surface area contributed by atoms with E-state index < -0.39 is 10.0 Å². The van der Waals surface area contributed by atoms with Gasteiger partial charge in [-0.1, -0.05) is 24.3 Å². The topological polar surface area (TPSA) is 114 Å². The molecule has 3 aromatic carbocycles. The number of sulfonamides is 1. The van der Waals surface area contributed by atoms with Crippen molar-refractivity contribution in [3.05, 3.63) is 89.0 Å². The van der Waals surface area contributed by atoms with Gasteiger partial charge in [-0.3, -0.25) is 9.59 Å². The Morgan fingerprint density at radius 2 is 1.63 bits per heavy atom. The van der Waals surface area contributed by atoms with Crippen LogP contribution < -0.4 is 19.5 Å². The van der Waals surface area contributed by atoms with Crippen LogP contribution in [0.1, 0.15) is 31.8 Å². The number of carbonyl (C=O) groups excluding carboxylic acids is 2. The highest BCUT2D eigenvalue weighted by Crippen LogP contribution is 2.32. The number of benzene rings is 3. The highest BCUT2D eigenvalue weighted by molar-refractivity contribution is 7.89. The number of hydrogen-bond donors (Lipinski definition) is 2. The number of carbonyl (C=O) groups is 2. The lowest BCUT2D eigenvalue weighted by Crippen LogP contribution is -2.27. The van der Waals surface area contributed by atoms with Gasteiger partial charge in [-0.25, -0.2) is 13.1 Å². The Kier molecular flexibility index (Phi) is 7.04. The standard InChI is InChI=1S/C25H25N3O6S/c1-26-24(29)19-9-6-17(7-10-19)15-28(2)25(30)20-4-3-5-21(13-20)35(31,32)27-14-18-8-11-22-23(12-18)34-16-33-22/h3-13,27H,14-16H2,1-2H3,(H,26,29). The van der Waals surface area contributed by atoms with Gasteiger partial charge in [0, 0.05) is 38.3 Å². The average Bonchev–Trinajstić information content (AvgIpc) is 3.35. The first-order chi connectivity index (χ1) is 16.8. The summed E-state index contributed by atoms with van der Waals surface area (Å²) >= 11 is 0. The zero-order valence-corrected chi connectivity index (χ0v) is 20.1. The summed E-state index contributed by atoms with van der Waals surface area (Å²) in [5.41, 5.74) is 2.33. The minimum atomic E-state index is -3.86. The highest BCUT2D eigenvalue weighted by atomic mass is 32.2. The van der Waals surface area contributed by atoms with Gasteiger partial charge < -0.3 is 19.7 Å². The van der Waals surface area contributed by atoms with E-state index in [1.807, 2.05) is 0 Å². The Morgan fingerprint density at radius 1 is 0.914 bits per heavy atom. The summed E-state index contributed by atoms with van der Waals surface area (Å²) in [6.45, 7) is 0.496. The molecule has 0 saturated heterocycles. The fourth-order valence-electron chi connectivity index (χ4n) is 3.58. The van der Waals surface area contributed by atoms with Crippen molar-refractivity contribution in [2.75, 3.05) is 20.9 Å². The minimum absolute atomic E-state index is 0.00701. The fourth-order valence-corrected chi connectivity index (χ4v) is 4.64. The van der Waals surface area contributed by atoms with E-state index in [1.54, 1.807) is 62.6 Å². The molecule has 2 amide bonds. The largest absolute Gasteiger partial charge is 0.454 e. The molecule has 9 nitrogen and oxygen atoms in total. The number of rotatable bonds is 8. The van der Waals surface area contributed by atoms with Gasteiger partial charge in [0.15, 0.2) is 11.5 Å². The van der Waals surface area contributed by atoms with E-state index in [0.717, 1.165) is 5.56 Å². The Labute approximate surface area is 203 Å². The molecule has 3 aromatic rings. The van der Waals surface area contributed by atoms with Crippen LogP contribution in [0.2, 0.25) is 0 Å². The third-order valence-corrected chi connectivity index (χ3v) is 6.90. The number of nitrogens with zero attached hydrogens (tertiary/aromatic N) is 1. The van der Waals surface area contributed by atoms with Crippen molar-refractivity contribution in [2.45, 2.75) is 18.0 Å². The third kappa shape index (κ3) is 5.61. The molecule has 0 aromatic heterocycles. The van der Waals surface area contributed by atoms with Crippen LogP contribution in [-0.4, -0.2) is 46.0 Å². The Balaban J connectivity index is 1.42. The molecule has 1 aliphatic rings. The van der Waals surface area contributed by atoms with E-state index in [2.05, 4.69) is 10.0 Å². The van der Waals surface area contributed by atoms with Crippen LogP contribution in [0.25, 0.3) is 0 Å². The Hall–Kier alpha value is -3.89. The molecule has 0 fully saturated rings. The molecule has 2 N–H and O–H groups in total.